The van der Waals surface area contributed by atoms with E-state index in [9.17, 15) is 4.79 Å². The number of aryl methyl sites for hydroxylation is 1. The molecule has 1 aromatic carbocycles. The number of likely N-dealkylation sites (tertiary alicyclic amines) is 1. The first-order chi connectivity index (χ1) is 12.2. The van der Waals surface area contributed by atoms with Crippen LogP contribution in [0.25, 0.3) is 10.6 Å². The minimum atomic E-state index is 0. The zero-order chi connectivity index (χ0) is 17.6. The van der Waals surface area contributed by atoms with Crippen LogP contribution in [0.15, 0.2) is 29.6 Å². The lowest BCUT2D eigenvalue weighted by molar-refractivity contribution is 0.00845. The van der Waals surface area contributed by atoms with E-state index in [1.165, 1.54) is 0 Å². The molecule has 8 heteroatoms. The van der Waals surface area contributed by atoms with Crippen molar-refractivity contribution in [1.82, 2.24) is 9.88 Å². The number of hydrogen-bond acceptors (Lipinski definition) is 5. The van der Waals surface area contributed by atoms with Crippen molar-refractivity contribution in [2.24, 2.45) is 5.73 Å². The molecule has 0 bridgehead atoms. The van der Waals surface area contributed by atoms with Gasteiger partial charge in [0.15, 0.2) is 0 Å². The highest BCUT2D eigenvalue weighted by Crippen LogP contribution is 2.25. The number of carbonyl (C=O) groups excluding carboxylic acids is 1. The van der Waals surface area contributed by atoms with Gasteiger partial charge in [0, 0.05) is 41.9 Å². The van der Waals surface area contributed by atoms with E-state index < -0.39 is 0 Å². The van der Waals surface area contributed by atoms with E-state index in [1.54, 1.807) is 11.3 Å². The molecule has 5 nitrogen and oxygen atoms in total. The van der Waals surface area contributed by atoms with Crippen molar-refractivity contribution in [1.29, 1.82) is 0 Å². The number of benzene rings is 1. The van der Waals surface area contributed by atoms with E-state index >= 15 is 0 Å². The number of halogens is 2. The minimum absolute atomic E-state index is 0. The highest BCUT2D eigenvalue weighted by molar-refractivity contribution is 7.13. The second-order valence-electron chi connectivity index (χ2n) is 6.38. The molecule has 0 atom stereocenters. The van der Waals surface area contributed by atoms with Gasteiger partial charge in [-0.3, -0.25) is 4.79 Å². The van der Waals surface area contributed by atoms with Gasteiger partial charge in [0.05, 0.1) is 6.10 Å². The quantitative estimate of drug-likeness (QED) is 0.703. The third-order valence-corrected chi connectivity index (χ3v) is 5.42. The van der Waals surface area contributed by atoms with Crippen LogP contribution in [-0.4, -0.2) is 48.1 Å². The molecule has 0 radical (unpaired) electrons. The average Bonchev–Trinajstić information content (AvgIpc) is 3.08. The second kappa shape index (κ2) is 11.6. The zero-order valence-electron chi connectivity index (χ0n) is 15.4. The number of nitrogens with two attached hydrogens (primary N) is 1. The van der Waals surface area contributed by atoms with Gasteiger partial charge < -0.3 is 15.4 Å². The summed E-state index contributed by atoms with van der Waals surface area (Å²) in [6.07, 6.45) is 2.92. The van der Waals surface area contributed by atoms with Crippen LogP contribution in [-0.2, 0) is 4.74 Å². The highest BCUT2D eigenvalue weighted by Gasteiger charge is 2.24. The van der Waals surface area contributed by atoms with E-state index in [0.717, 1.165) is 54.2 Å². The standard InChI is InChI=1S/C19H25N3O2S.2ClH/c1-14-13-25-18(21-14)15-4-2-5-16(12-15)19(23)22-9-6-17(7-10-22)24-11-3-8-20;;/h2,4-5,12-13,17H,3,6-11,20H2,1H3;2*1H. The number of aromatic nitrogens is 1. The fourth-order valence-corrected chi connectivity index (χ4v) is 3.81. The average molecular weight is 432 g/mol. The van der Waals surface area contributed by atoms with Crippen molar-refractivity contribution in [2.75, 3.05) is 26.2 Å². The van der Waals surface area contributed by atoms with Crippen LogP contribution in [0.5, 0.6) is 0 Å². The van der Waals surface area contributed by atoms with Gasteiger partial charge in [-0.15, -0.1) is 36.2 Å². The topological polar surface area (TPSA) is 68.5 Å². The van der Waals surface area contributed by atoms with E-state index in [1.807, 2.05) is 41.5 Å². The van der Waals surface area contributed by atoms with Crippen LogP contribution in [0, 0.1) is 6.92 Å². The summed E-state index contributed by atoms with van der Waals surface area (Å²) in [5.74, 6) is 0.0931. The maximum absolute atomic E-state index is 12.8. The maximum atomic E-state index is 12.8. The molecule has 1 saturated heterocycles. The Labute approximate surface area is 177 Å². The Bertz CT molecular complexity index is 718. The van der Waals surface area contributed by atoms with Crippen molar-refractivity contribution in [3.63, 3.8) is 0 Å². The van der Waals surface area contributed by atoms with Crippen molar-refractivity contribution in [2.45, 2.75) is 32.3 Å². The monoisotopic (exact) mass is 431 g/mol. The molecule has 1 aromatic heterocycles. The molecule has 0 saturated carbocycles. The third kappa shape index (κ3) is 6.43. The first kappa shape index (κ1) is 23.9. The fourth-order valence-electron chi connectivity index (χ4n) is 3.01. The van der Waals surface area contributed by atoms with Crippen molar-refractivity contribution >= 4 is 42.1 Å². The van der Waals surface area contributed by atoms with Crippen LogP contribution < -0.4 is 5.73 Å². The Balaban J connectivity index is 0.00000182. The summed E-state index contributed by atoms with van der Waals surface area (Å²) in [4.78, 5) is 19.2. The summed E-state index contributed by atoms with van der Waals surface area (Å²) < 4.78 is 5.81. The van der Waals surface area contributed by atoms with Crippen LogP contribution in [0.1, 0.15) is 35.3 Å². The van der Waals surface area contributed by atoms with E-state index in [4.69, 9.17) is 10.5 Å². The van der Waals surface area contributed by atoms with Crippen LogP contribution >= 0.6 is 36.2 Å². The number of carbonyl (C=O) groups is 1. The summed E-state index contributed by atoms with van der Waals surface area (Å²) in [5.41, 5.74) is 8.23. The van der Waals surface area contributed by atoms with Crippen molar-refractivity contribution in [3.8, 4) is 10.6 Å². The normalized spacial score (nSPS) is 14.4. The Morgan fingerprint density at radius 2 is 2.07 bits per heavy atom. The molecular weight excluding hydrogens is 405 g/mol. The van der Waals surface area contributed by atoms with Gasteiger partial charge in [-0.1, -0.05) is 12.1 Å². The lowest BCUT2D eigenvalue weighted by Gasteiger charge is -2.32. The highest BCUT2D eigenvalue weighted by atomic mass is 35.5. The minimum Gasteiger partial charge on any atom is -0.378 e. The largest absolute Gasteiger partial charge is 0.378 e. The van der Waals surface area contributed by atoms with Gasteiger partial charge in [0.25, 0.3) is 5.91 Å². The molecule has 2 aromatic rings. The van der Waals surface area contributed by atoms with Gasteiger partial charge in [0.1, 0.15) is 5.01 Å². The van der Waals surface area contributed by atoms with Gasteiger partial charge in [-0.05, 0) is 44.9 Å². The molecule has 0 aliphatic carbocycles. The maximum Gasteiger partial charge on any atom is 0.253 e. The molecule has 3 rings (SSSR count). The summed E-state index contributed by atoms with van der Waals surface area (Å²) in [6.45, 7) is 4.84. The number of ether oxygens (including phenoxy) is 1. The Morgan fingerprint density at radius 3 is 2.70 bits per heavy atom. The number of rotatable bonds is 6. The lowest BCUT2D eigenvalue weighted by atomic mass is 10.1. The van der Waals surface area contributed by atoms with Gasteiger partial charge >= 0.3 is 0 Å². The van der Waals surface area contributed by atoms with Gasteiger partial charge in [0.2, 0.25) is 0 Å². The zero-order valence-corrected chi connectivity index (χ0v) is 17.9. The Hall–Kier alpha value is -1.18. The SMILES string of the molecule is Cc1csc(-c2cccc(C(=O)N3CCC(OCCCN)CC3)c2)n1.Cl.Cl. The fraction of sp³-hybridized carbons (Fsp3) is 0.474. The number of thiazole rings is 1. The predicted molar refractivity (Wildman–Crippen MR) is 115 cm³/mol. The van der Waals surface area contributed by atoms with Crippen molar-refractivity contribution < 1.29 is 9.53 Å². The summed E-state index contributed by atoms with van der Waals surface area (Å²) in [6, 6.07) is 7.77. The molecule has 2 N–H and O–H groups in total. The summed E-state index contributed by atoms with van der Waals surface area (Å²) >= 11 is 1.61. The molecule has 150 valence electrons. The summed E-state index contributed by atoms with van der Waals surface area (Å²) in [7, 11) is 0. The first-order valence-corrected chi connectivity index (χ1v) is 9.69. The number of piperidine rings is 1. The second-order valence-corrected chi connectivity index (χ2v) is 7.24. The number of nitrogens with zero attached hydrogens (tertiary/aromatic N) is 2. The molecule has 1 aliphatic rings. The lowest BCUT2D eigenvalue weighted by Crippen LogP contribution is -2.41. The third-order valence-electron chi connectivity index (χ3n) is 4.41. The predicted octanol–water partition coefficient (Wildman–Crippen LogP) is 3.93. The molecule has 27 heavy (non-hydrogen) atoms. The smallest absolute Gasteiger partial charge is 0.253 e. The van der Waals surface area contributed by atoms with Crippen LogP contribution in [0.3, 0.4) is 0 Å². The van der Waals surface area contributed by atoms with Crippen LogP contribution in [0.2, 0.25) is 0 Å². The Kier molecular flexibility index (Phi) is 10.3. The summed E-state index contributed by atoms with van der Waals surface area (Å²) in [5, 5.41) is 2.98. The Morgan fingerprint density at radius 1 is 1.33 bits per heavy atom. The molecular formula is C19H27Cl2N3O2S. The van der Waals surface area contributed by atoms with E-state index in [-0.39, 0.29) is 36.8 Å². The molecule has 1 amide bonds. The van der Waals surface area contributed by atoms with Crippen molar-refractivity contribution in [3.05, 3.63) is 40.9 Å². The van der Waals surface area contributed by atoms with Gasteiger partial charge in [-0.25, -0.2) is 4.98 Å². The molecule has 1 aliphatic heterocycles. The molecule has 0 unspecified atom stereocenters. The first-order valence-electron chi connectivity index (χ1n) is 8.81. The molecule has 1 fully saturated rings. The molecule has 0 spiro atoms. The van der Waals surface area contributed by atoms with E-state index in [0.29, 0.717) is 13.2 Å². The molecule has 2 heterocycles. The number of amides is 1. The van der Waals surface area contributed by atoms with Crippen LogP contribution in [0.4, 0.5) is 0 Å². The van der Waals surface area contributed by atoms with Gasteiger partial charge in [-0.2, -0.15) is 0 Å². The number of hydrogen-bond donors (Lipinski definition) is 1. The van der Waals surface area contributed by atoms with E-state index in [2.05, 4.69) is 4.98 Å².